The summed E-state index contributed by atoms with van der Waals surface area (Å²) in [5.74, 6) is 0.108. The third-order valence-corrected chi connectivity index (χ3v) is 0.949. The fourth-order valence-corrected chi connectivity index (χ4v) is 0.417. The molecule has 0 bridgehead atoms. The Kier molecular flexibility index (Phi) is 3.79. The highest BCUT2D eigenvalue weighted by Crippen LogP contribution is 1.88. The molecule has 0 aromatic heterocycles. The van der Waals surface area contributed by atoms with Gasteiger partial charge in [-0.25, -0.2) is 0 Å². The van der Waals surface area contributed by atoms with E-state index in [0.29, 0.717) is 6.61 Å². The van der Waals surface area contributed by atoms with Gasteiger partial charge in [0, 0.05) is 6.61 Å². The zero-order valence-electron chi connectivity index (χ0n) is 5.66. The van der Waals surface area contributed by atoms with Crippen molar-refractivity contribution in [2.75, 3.05) is 6.61 Å². The monoisotopic (exact) mass is 132 g/mol. The van der Waals surface area contributed by atoms with E-state index in [1.165, 1.54) is 0 Å². The highest BCUT2D eigenvalue weighted by molar-refractivity contribution is 5.83. The van der Waals surface area contributed by atoms with Crippen LogP contribution in [-0.2, 0) is 4.74 Å². The minimum Gasteiger partial charge on any atom is -0.409 e. The number of rotatable bonds is 3. The van der Waals surface area contributed by atoms with E-state index in [-0.39, 0.29) is 11.9 Å². The molecule has 1 unspecified atom stereocenters. The summed E-state index contributed by atoms with van der Waals surface area (Å²) in [7, 11) is 0. The maximum atomic E-state index is 8.11. The van der Waals surface area contributed by atoms with E-state index in [2.05, 4.69) is 5.16 Å². The van der Waals surface area contributed by atoms with Crippen LogP contribution in [0.3, 0.4) is 0 Å². The third kappa shape index (κ3) is 2.92. The van der Waals surface area contributed by atoms with E-state index in [4.69, 9.17) is 15.7 Å². The van der Waals surface area contributed by atoms with Gasteiger partial charge in [0.1, 0.15) is 6.10 Å². The van der Waals surface area contributed by atoms with Gasteiger partial charge in [-0.3, -0.25) is 0 Å². The first-order valence-corrected chi connectivity index (χ1v) is 2.81. The molecule has 0 spiro atoms. The van der Waals surface area contributed by atoms with Crippen molar-refractivity contribution < 1.29 is 9.94 Å². The molecule has 0 aromatic carbocycles. The molecule has 0 rings (SSSR count). The molecule has 1 atom stereocenters. The van der Waals surface area contributed by atoms with Gasteiger partial charge in [0.25, 0.3) is 0 Å². The van der Waals surface area contributed by atoms with Crippen molar-refractivity contribution >= 4 is 5.84 Å². The van der Waals surface area contributed by atoms with Gasteiger partial charge in [0.2, 0.25) is 0 Å². The molecule has 9 heavy (non-hydrogen) atoms. The average molecular weight is 132 g/mol. The van der Waals surface area contributed by atoms with Crippen LogP contribution in [0.15, 0.2) is 5.16 Å². The number of nitrogens with zero attached hydrogens (tertiary/aromatic N) is 1. The number of oxime groups is 1. The van der Waals surface area contributed by atoms with Crippen LogP contribution >= 0.6 is 0 Å². The molecule has 0 aromatic rings. The van der Waals surface area contributed by atoms with Crippen molar-refractivity contribution in [3.63, 3.8) is 0 Å². The maximum Gasteiger partial charge on any atom is 0.168 e. The molecule has 0 aliphatic carbocycles. The van der Waals surface area contributed by atoms with Crippen LogP contribution in [0.2, 0.25) is 0 Å². The minimum atomic E-state index is -0.292. The van der Waals surface area contributed by atoms with Crippen LogP contribution in [0.1, 0.15) is 13.8 Å². The lowest BCUT2D eigenvalue weighted by Gasteiger charge is -2.07. The van der Waals surface area contributed by atoms with E-state index < -0.39 is 0 Å². The molecule has 0 aliphatic rings. The highest BCUT2D eigenvalue weighted by Gasteiger charge is 2.04. The Hall–Kier alpha value is -0.770. The molecule has 0 radical (unpaired) electrons. The summed E-state index contributed by atoms with van der Waals surface area (Å²) in [6.07, 6.45) is -0.292. The molecular formula is C5H12N2O2. The quantitative estimate of drug-likeness (QED) is 0.249. The predicted molar refractivity (Wildman–Crippen MR) is 34.5 cm³/mol. The fourth-order valence-electron chi connectivity index (χ4n) is 0.417. The van der Waals surface area contributed by atoms with Crippen molar-refractivity contribution in [1.82, 2.24) is 0 Å². The van der Waals surface area contributed by atoms with Gasteiger partial charge in [-0.2, -0.15) is 0 Å². The number of ether oxygens (including phenoxy) is 1. The molecule has 3 N–H and O–H groups in total. The van der Waals surface area contributed by atoms with Crippen molar-refractivity contribution in [1.29, 1.82) is 0 Å². The van der Waals surface area contributed by atoms with Crippen LogP contribution in [0.5, 0.6) is 0 Å². The summed E-state index contributed by atoms with van der Waals surface area (Å²) in [6.45, 7) is 4.14. The lowest BCUT2D eigenvalue weighted by atomic mass is 10.4. The molecule has 0 amide bonds. The van der Waals surface area contributed by atoms with E-state index in [1.807, 2.05) is 6.92 Å². The van der Waals surface area contributed by atoms with Gasteiger partial charge < -0.3 is 15.7 Å². The summed E-state index contributed by atoms with van der Waals surface area (Å²) in [5, 5.41) is 10.9. The van der Waals surface area contributed by atoms with E-state index in [9.17, 15) is 0 Å². The summed E-state index contributed by atoms with van der Waals surface area (Å²) in [6, 6.07) is 0. The van der Waals surface area contributed by atoms with E-state index in [0.717, 1.165) is 0 Å². The summed E-state index contributed by atoms with van der Waals surface area (Å²) < 4.78 is 4.98. The number of amidine groups is 1. The Labute approximate surface area is 54.3 Å². The zero-order chi connectivity index (χ0) is 7.28. The van der Waals surface area contributed by atoms with Crippen LogP contribution < -0.4 is 5.73 Å². The van der Waals surface area contributed by atoms with Crippen molar-refractivity contribution in [3.05, 3.63) is 0 Å². The SMILES string of the molecule is CCOC(C)C(N)=NO. The van der Waals surface area contributed by atoms with E-state index in [1.54, 1.807) is 6.92 Å². The summed E-state index contributed by atoms with van der Waals surface area (Å²) in [5.41, 5.74) is 5.18. The van der Waals surface area contributed by atoms with Crippen LogP contribution in [0.4, 0.5) is 0 Å². The predicted octanol–water partition coefficient (Wildman–Crippen LogP) is 0.158. The lowest BCUT2D eigenvalue weighted by Crippen LogP contribution is -2.28. The van der Waals surface area contributed by atoms with Gasteiger partial charge in [0.15, 0.2) is 5.84 Å². The van der Waals surface area contributed by atoms with Crippen LogP contribution in [-0.4, -0.2) is 23.8 Å². The first kappa shape index (κ1) is 8.23. The van der Waals surface area contributed by atoms with Gasteiger partial charge in [-0.15, -0.1) is 0 Å². The molecule has 0 saturated carbocycles. The van der Waals surface area contributed by atoms with Gasteiger partial charge in [-0.1, -0.05) is 5.16 Å². The van der Waals surface area contributed by atoms with Gasteiger partial charge in [0.05, 0.1) is 0 Å². The summed E-state index contributed by atoms with van der Waals surface area (Å²) >= 11 is 0. The number of hydrogen-bond acceptors (Lipinski definition) is 3. The highest BCUT2D eigenvalue weighted by atomic mass is 16.5. The largest absolute Gasteiger partial charge is 0.409 e. The molecule has 0 saturated heterocycles. The standard InChI is InChI=1S/C5H12N2O2/c1-3-9-4(2)5(6)7-8/h4,8H,3H2,1-2H3,(H2,6,7). The van der Waals surface area contributed by atoms with Crippen LogP contribution in [0.25, 0.3) is 0 Å². The molecule has 4 nitrogen and oxygen atoms in total. The Bertz CT molecular complexity index is 103. The summed E-state index contributed by atoms with van der Waals surface area (Å²) in [4.78, 5) is 0. The number of hydrogen-bond donors (Lipinski definition) is 2. The Morgan fingerprint density at radius 3 is 2.78 bits per heavy atom. The fraction of sp³-hybridized carbons (Fsp3) is 0.800. The molecule has 54 valence electrons. The Morgan fingerprint density at radius 1 is 1.89 bits per heavy atom. The first-order chi connectivity index (χ1) is 4.22. The van der Waals surface area contributed by atoms with E-state index >= 15 is 0 Å². The van der Waals surface area contributed by atoms with Crippen LogP contribution in [0, 0.1) is 0 Å². The molecule has 0 heterocycles. The molecule has 4 heteroatoms. The second-order valence-corrected chi connectivity index (χ2v) is 1.62. The van der Waals surface area contributed by atoms with Gasteiger partial charge >= 0.3 is 0 Å². The molecule has 0 aliphatic heterocycles. The lowest BCUT2D eigenvalue weighted by molar-refractivity contribution is 0.118. The minimum absolute atomic E-state index is 0.108. The smallest absolute Gasteiger partial charge is 0.168 e. The second-order valence-electron chi connectivity index (χ2n) is 1.62. The molecular weight excluding hydrogens is 120 g/mol. The van der Waals surface area contributed by atoms with Crippen molar-refractivity contribution in [2.24, 2.45) is 10.9 Å². The maximum absolute atomic E-state index is 8.11. The Balaban J connectivity index is 3.59. The van der Waals surface area contributed by atoms with Crippen molar-refractivity contribution in [3.8, 4) is 0 Å². The second kappa shape index (κ2) is 4.14. The molecule has 0 fully saturated rings. The van der Waals surface area contributed by atoms with Crippen molar-refractivity contribution in [2.45, 2.75) is 20.0 Å². The third-order valence-electron chi connectivity index (χ3n) is 0.949. The van der Waals surface area contributed by atoms with Gasteiger partial charge in [-0.05, 0) is 13.8 Å². The average Bonchev–Trinajstić information content (AvgIpc) is 1.87. The topological polar surface area (TPSA) is 67.8 Å². The zero-order valence-corrected chi connectivity index (χ0v) is 5.66. The number of nitrogens with two attached hydrogens (primary N) is 1. The Morgan fingerprint density at radius 2 is 2.44 bits per heavy atom. The normalized spacial score (nSPS) is 15.6. The first-order valence-electron chi connectivity index (χ1n) is 2.81.